The molecule has 1 amide bonds. The first kappa shape index (κ1) is 21.8. The number of carbonyl (C=O) groups is 1. The summed E-state index contributed by atoms with van der Waals surface area (Å²) in [4.78, 5) is 40.9. The third-order valence-electron chi connectivity index (χ3n) is 5.52. The quantitative estimate of drug-likeness (QED) is 0.606. The maximum Gasteiger partial charge on any atom is 0.329 e. The molecule has 2 aromatic carbocycles. The number of hydrogen-bond donors (Lipinski definition) is 2. The van der Waals surface area contributed by atoms with E-state index in [2.05, 4.69) is 10.3 Å². The molecule has 1 aliphatic rings. The van der Waals surface area contributed by atoms with Gasteiger partial charge < -0.3 is 5.32 Å². The van der Waals surface area contributed by atoms with Crippen LogP contribution in [0.15, 0.2) is 52.1 Å². The molecule has 32 heavy (non-hydrogen) atoms. The van der Waals surface area contributed by atoms with E-state index in [0.717, 1.165) is 6.07 Å². The van der Waals surface area contributed by atoms with Crippen molar-refractivity contribution < 1.29 is 18.0 Å². The number of hydrogen-bond acceptors (Lipinski definition) is 4. The minimum atomic E-state index is -2.45. The number of nitrogens with one attached hydrogen (secondary N) is 2. The van der Waals surface area contributed by atoms with Crippen LogP contribution in [0.4, 0.5) is 13.2 Å². The Balaban J connectivity index is 1.55. The van der Waals surface area contributed by atoms with Crippen LogP contribution in [0.25, 0.3) is 10.9 Å². The zero-order valence-electron chi connectivity index (χ0n) is 17.0. The Morgan fingerprint density at radius 1 is 1.19 bits per heavy atom. The number of likely N-dealkylation sites (tertiary alicyclic amines) is 1. The Hall–Kier alpha value is -3.40. The van der Waals surface area contributed by atoms with E-state index >= 15 is 0 Å². The second kappa shape index (κ2) is 8.99. The minimum absolute atomic E-state index is 0.0162. The highest BCUT2D eigenvalue weighted by molar-refractivity contribution is 5.95. The molecule has 10 heteroatoms. The molecule has 0 radical (unpaired) electrons. The van der Waals surface area contributed by atoms with Crippen molar-refractivity contribution in [1.82, 2.24) is 19.8 Å². The first-order valence-electron chi connectivity index (χ1n) is 10.1. The highest BCUT2D eigenvalue weighted by Crippen LogP contribution is 2.16. The van der Waals surface area contributed by atoms with Crippen LogP contribution in [-0.2, 0) is 6.54 Å². The molecule has 0 aliphatic carbocycles. The van der Waals surface area contributed by atoms with Gasteiger partial charge in [-0.1, -0.05) is 18.2 Å². The van der Waals surface area contributed by atoms with Crippen LogP contribution < -0.4 is 16.6 Å². The van der Waals surface area contributed by atoms with Gasteiger partial charge >= 0.3 is 5.69 Å². The number of halogens is 3. The molecule has 4 rings (SSSR count). The molecule has 2 heterocycles. The SMILES string of the molecule is O=C(NC1CCN(CC(F)F)C1)c1cc(Cn2c(=O)[nH]c(=O)c3ccccc32)ccc1F. The Morgan fingerprint density at radius 2 is 1.97 bits per heavy atom. The van der Waals surface area contributed by atoms with Gasteiger partial charge in [0, 0.05) is 19.1 Å². The van der Waals surface area contributed by atoms with E-state index in [1.807, 2.05) is 0 Å². The van der Waals surface area contributed by atoms with Crippen molar-refractivity contribution in [2.75, 3.05) is 19.6 Å². The van der Waals surface area contributed by atoms with Gasteiger partial charge in [-0.15, -0.1) is 0 Å². The van der Waals surface area contributed by atoms with Crippen LogP contribution in [0.1, 0.15) is 22.3 Å². The second-order valence-corrected chi connectivity index (χ2v) is 7.79. The summed E-state index contributed by atoms with van der Waals surface area (Å²) in [5, 5.41) is 3.03. The largest absolute Gasteiger partial charge is 0.348 e. The van der Waals surface area contributed by atoms with Gasteiger partial charge in [-0.25, -0.2) is 18.0 Å². The zero-order chi connectivity index (χ0) is 22.8. The van der Waals surface area contributed by atoms with Gasteiger partial charge in [0.15, 0.2) is 0 Å². The standard InChI is InChI=1S/C22H21F3N4O3/c23-17-6-5-13(10-29-18-4-2-1-3-15(18)20(30)27-22(29)32)9-16(17)21(31)26-14-7-8-28(11-14)12-19(24)25/h1-6,9,14,19H,7-8,10-12H2,(H,26,31)(H,27,30,32). The van der Waals surface area contributed by atoms with Crippen LogP contribution >= 0.6 is 0 Å². The molecule has 2 N–H and O–H groups in total. The van der Waals surface area contributed by atoms with Gasteiger partial charge in [0.25, 0.3) is 17.9 Å². The van der Waals surface area contributed by atoms with Crippen molar-refractivity contribution in [2.45, 2.75) is 25.4 Å². The smallest absolute Gasteiger partial charge is 0.329 e. The molecular weight excluding hydrogens is 425 g/mol. The van der Waals surface area contributed by atoms with Crippen molar-refractivity contribution in [3.63, 3.8) is 0 Å². The van der Waals surface area contributed by atoms with Crippen LogP contribution in [0.3, 0.4) is 0 Å². The van der Waals surface area contributed by atoms with E-state index in [4.69, 9.17) is 0 Å². The van der Waals surface area contributed by atoms with Crippen molar-refractivity contribution in [1.29, 1.82) is 0 Å². The molecule has 0 saturated carbocycles. The molecule has 0 spiro atoms. The van der Waals surface area contributed by atoms with Gasteiger partial charge in [0.1, 0.15) is 5.82 Å². The van der Waals surface area contributed by atoms with Crippen LogP contribution in [0, 0.1) is 5.82 Å². The molecular formula is C22H21F3N4O3. The van der Waals surface area contributed by atoms with Gasteiger partial charge in [-0.2, -0.15) is 0 Å². The molecule has 1 atom stereocenters. The molecule has 7 nitrogen and oxygen atoms in total. The average molecular weight is 446 g/mol. The maximum absolute atomic E-state index is 14.4. The number of fused-ring (bicyclic) bond motifs is 1. The van der Waals surface area contributed by atoms with E-state index in [1.165, 1.54) is 16.7 Å². The van der Waals surface area contributed by atoms with E-state index < -0.39 is 29.4 Å². The summed E-state index contributed by atoms with van der Waals surface area (Å²) in [7, 11) is 0. The Labute approximate surface area is 180 Å². The highest BCUT2D eigenvalue weighted by atomic mass is 19.3. The number of para-hydroxylation sites is 1. The summed E-state index contributed by atoms with van der Waals surface area (Å²) in [5.41, 5.74) is -0.410. The summed E-state index contributed by atoms with van der Waals surface area (Å²) in [6.45, 7) is 0.358. The lowest BCUT2D eigenvalue weighted by Gasteiger charge is -2.16. The molecule has 1 fully saturated rings. The van der Waals surface area contributed by atoms with E-state index in [0.29, 0.717) is 29.4 Å². The molecule has 1 saturated heterocycles. The predicted octanol–water partition coefficient (Wildman–Crippen LogP) is 1.95. The summed E-state index contributed by atoms with van der Waals surface area (Å²) >= 11 is 0. The maximum atomic E-state index is 14.4. The summed E-state index contributed by atoms with van der Waals surface area (Å²) < 4.78 is 40.8. The molecule has 1 aliphatic heterocycles. The second-order valence-electron chi connectivity index (χ2n) is 7.79. The van der Waals surface area contributed by atoms with Crippen LogP contribution in [-0.4, -0.2) is 52.5 Å². The minimum Gasteiger partial charge on any atom is -0.348 e. The number of aromatic nitrogens is 2. The number of alkyl halides is 2. The number of nitrogens with zero attached hydrogens (tertiary/aromatic N) is 2. The summed E-state index contributed by atoms with van der Waals surface area (Å²) in [5.74, 6) is -1.38. The van der Waals surface area contributed by atoms with Crippen LogP contribution in [0.5, 0.6) is 0 Å². The van der Waals surface area contributed by atoms with E-state index in [-0.39, 0.29) is 31.2 Å². The topological polar surface area (TPSA) is 87.2 Å². The molecule has 3 aromatic rings. The van der Waals surface area contributed by atoms with Crippen molar-refractivity contribution in [3.8, 4) is 0 Å². The number of amides is 1. The first-order chi connectivity index (χ1) is 15.3. The third kappa shape index (κ3) is 4.59. The Bertz CT molecular complexity index is 1270. The lowest BCUT2D eigenvalue weighted by Crippen LogP contribution is -2.38. The normalized spacial score (nSPS) is 16.7. The fourth-order valence-corrected chi connectivity index (χ4v) is 4.00. The number of rotatable bonds is 6. The third-order valence-corrected chi connectivity index (χ3v) is 5.52. The van der Waals surface area contributed by atoms with Gasteiger partial charge in [-0.05, 0) is 36.2 Å². The lowest BCUT2D eigenvalue weighted by molar-refractivity contribution is 0.0915. The lowest BCUT2D eigenvalue weighted by atomic mass is 10.1. The monoisotopic (exact) mass is 446 g/mol. The molecule has 168 valence electrons. The summed E-state index contributed by atoms with van der Waals surface area (Å²) in [6.07, 6.45) is -1.95. The average Bonchev–Trinajstić information content (AvgIpc) is 3.18. The molecule has 1 aromatic heterocycles. The molecule has 0 bridgehead atoms. The number of carbonyl (C=O) groups excluding carboxylic acids is 1. The van der Waals surface area contributed by atoms with E-state index in [1.54, 1.807) is 29.2 Å². The van der Waals surface area contributed by atoms with Crippen molar-refractivity contribution in [3.05, 3.63) is 80.2 Å². The first-order valence-corrected chi connectivity index (χ1v) is 10.1. The van der Waals surface area contributed by atoms with E-state index in [9.17, 15) is 27.6 Å². The predicted molar refractivity (Wildman–Crippen MR) is 113 cm³/mol. The fraction of sp³-hybridized carbons (Fsp3) is 0.318. The molecule has 1 unspecified atom stereocenters. The Kier molecular flexibility index (Phi) is 6.13. The van der Waals surface area contributed by atoms with Gasteiger partial charge in [-0.3, -0.25) is 24.0 Å². The highest BCUT2D eigenvalue weighted by Gasteiger charge is 2.26. The zero-order valence-corrected chi connectivity index (χ0v) is 17.0. The van der Waals surface area contributed by atoms with Gasteiger partial charge in [0.2, 0.25) is 0 Å². The number of benzene rings is 2. The van der Waals surface area contributed by atoms with Crippen LogP contribution in [0.2, 0.25) is 0 Å². The number of H-pyrrole nitrogens is 1. The fourth-order valence-electron chi connectivity index (χ4n) is 4.00. The Morgan fingerprint density at radius 3 is 2.75 bits per heavy atom. The van der Waals surface area contributed by atoms with Gasteiger partial charge in [0.05, 0.1) is 29.6 Å². The van der Waals surface area contributed by atoms with Crippen molar-refractivity contribution in [2.24, 2.45) is 0 Å². The number of aromatic amines is 1. The summed E-state index contributed by atoms with van der Waals surface area (Å²) in [6, 6.07) is 10.2. The van der Waals surface area contributed by atoms with Crippen molar-refractivity contribution >= 4 is 16.8 Å².